The van der Waals surface area contributed by atoms with Crippen LogP contribution in [0.1, 0.15) is 17.5 Å². The number of nitrogens with one attached hydrogen (secondary N) is 2. The molecule has 2 aromatic carbocycles. The number of aryl methyl sites for hydroxylation is 1. The van der Waals surface area contributed by atoms with Crippen LogP contribution < -0.4 is 5.32 Å². The second-order valence-corrected chi connectivity index (χ2v) is 4.56. The summed E-state index contributed by atoms with van der Waals surface area (Å²) in [6.45, 7) is 0. The topological polar surface area (TPSA) is 53.0 Å². The summed E-state index contributed by atoms with van der Waals surface area (Å²) in [6, 6.07) is 14.1. The van der Waals surface area contributed by atoms with Crippen LogP contribution in [0.15, 0.2) is 42.5 Å². The number of carbonyl (C=O) groups excluding carboxylic acids is 1. The third-order valence-electron chi connectivity index (χ3n) is 3.34. The summed E-state index contributed by atoms with van der Waals surface area (Å²) in [6.07, 6.45) is 3.65. The Labute approximate surface area is 119 Å². The van der Waals surface area contributed by atoms with E-state index in [1.54, 1.807) is 0 Å². The maximum Gasteiger partial charge on any atom is 0.120 e. The molecule has 0 saturated carbocycles. The largest absolute Gasteiger partial charge is 0.388 e. The molecule has 20 heavy (non-hydrogen) atoms. The molecule has 0 spiro atoms. The van der Waals surface area contributed by atoms with Gasteiger partial charge in [-0.1, -0.05) is 36.4 Å². The molecule has 2 aromatic rings. The predicted molar refractivity (Wildman–Crippen MR) is 83.7 cm³/mol. The molecular weight excluding hydrogens is 248 g/mol. The van der Waals surface area contributed by atoms with Crippen molar-refractivity contribution < 1.29 is 4.79 Å². The highest BCUT2D eigenvalue weighted by molar-refractivity contribution is 5.95. The molecule has 0 unspecified atom stereocenters. The molecule has 2 rings (SSSR count). The Morgan fingerprint density at radius 3 is 2.50 bits per heavy atom. The summed E-state index contributed by atoms with van der Waals surface area (Å²) in [7, 11) is 1.86. The van der Waals surface area contributed by atoms with Gasteiger partial charge in [-0.15, -0.1) is 0 Å². The van der Waals surface area contributed by atoms with E-state index in [2.05, 4.69) is 5.32 Å². The lowest BCUT2D eigenvalue weighted by Crippen LogP contribution is -1.97. The van der Waals surface area contributed by atoms with Gasteiger partial charge >= 0.3 is 0 Å². The van der Waals surface area contributed by atoms with E-state index in [0.29, 0.717) is 6.42 Å². The average molecular weight is 266 g/mol. The fourth-order valence-corrected chi connectivity index (χ4v) is 2.27. The predicted octanol–water partition coefficient (Wildman–Crippen LogP) is 3.52. The summed E-state index contributed by atoms with van der Waals surface area (Å²) >= 11 is 0. The summed E-state index contributed by atoms with van der Waals surface area (Å²) in [5, 5.41) is 10.7. The minimum absolute atomic E-state index is 0.556. The highest BCUT2D eigenvalue weighted by Gasteiger charge is 2.07. The van der Waals surface area contributed by atoms with Crippen LogP contribution in [-0.4, -0.2) is 19.5 Å². The van der Waals surface area contributed by atoms with E-state index in [4.69, 9.17) is 5.41 Å². The lowest BCUT2D eigenvalue weighted by atomic mass is 9.97. The number of hydrogen-bond acceptors (Lipinski definition) is 3. The summed E-state index contributed by atoms with van der Waals surface area (Å²) in [4.78, 5) is 10.4. The zero-order valence-corrected chi connectivity index (χ0v) is 11.5. The van der Waals surface area contributed by atoms with Gasteiger partial charge in [0.2, 0.25) is 0 Å². The Hall–Kier alpha value is -2.42. The quantitative estimate of drug-likeness (QED) is 0.621. The van der Waals surface area contributed by atoms with Gasteiger partial charge in [0, 0.05) is 30.9 Å². The van der Waals surface area contributed by atoms with Gasteiger partial charge in [-0.3, -0.25) is 0 Å². The molecule has 0 bridgehead atoms. The van der Waals surface area contributed by atoms with Crippen LogP contribution in [-0.2, 0) is 11.2 Å². The van der Waals surface area contributed by atoms with E-state index in [0.717, 1.165) is 40.6 Å². The van der Waals surface area contributed by atoms with Crippen LogP contribution >= 0.6 is 0 Å². The van der Waals surface area contributed by atoms with Crippen molar-refractivity contribution in [2.24, 2.45) is 0 Å². The fraction of sp³-hybridized carbons (Fsp3) is 0.176. The smallest absolute Gasteiger partial charge is 0.120 e. The molecule has 0 aliphatic rings. The maximum absolute atomic E-state index is 10.4. The molecule has 0 saturated heterocycles. The number of hydrogen-bond donors (Lipinski definition) is 2. The first-order valence-electron chi connectivity index (χ1n) is 6.64. The van der Waals surface area contributed by atoms with Crippen molar-refractivity contribution in [1.82, 2.24) is 0 Å². The molecule has 0 aliphatic heterocycles. The van der Waals surface area contributed by atoms with Gasteiger partial charge in [0.15, 0.2) is 0 Å². The number of anilines is 1. The SMILES string of the molecule is CNc1cccc(-c2ccc(CCC=O)cc2)c1C=N. The van der Waals surface area contributed by atoms with Gasteiger partial charge in [0.1, 0.15) is 6.29 Å². The average Bonchev–Trinajstić information content (AvgIpc) is 2.52. The standard InChI is InChI=1S/C17H18N2O/c1-19-17-6-2-5-15(16(17)12-18)14-9-7-13(8-10-14)4-3-11-20/h2,5-12,18-19H,3-4H2,1H3. The third-order valence-corrected chi connectivity index (χ3v) is 3.34. The molecule has 0 heterocycles. The van der Waals surface area contributed by atoms with E-state index in [1.807, 2.05) is 49.5 Å². The highest BCUT2D eigenvalue weighted by atomic mass is 16.1. The number of aldehydes is 1. The molecule has 0 atom stereocenters. The van der Waals surface area contributed by atoms with Crippen LogP contribution in [0.25, 0.3) is 11.1 Å². The molecule has 3 heteroatoms. The first-order chi connectivity index (χ1) is 9.80. The molecule has 0 aliphatic carbocycles. The summed E-state index contributed by atoms with van der Waals surface area (Å²) < 4.78 is 0. The van der Waals surface area contributed by atoms with Gasteiger partial charge in [0.05, 0.1) is 0 Å². The van der Waals surface area contributed by atoms with Crippen molar-refractivity contribution in [3.8, 4) is 11.1 Å². The minimum atomic E-state index is 0.556. The van der Waals surface area contributed by atoms with Gasteiger partial charge in [0.25, 0.3) is 0 Å². The van der Waals surface area contributed by atoms with Crippen molar-refractivity contribution >= 4 is 18.2 Å². The summed E-state index contributed by atoms with van der Waals surface area (Å²) in [5.41, 5.74) is 5.10. The molecule has 0 radical (unpaired) electrons. The van der Waals surface area contributed by atoms with Crippen LogP contribution in [0.5, 0.6) is 0 Å². The number of rotatable bonds is 6. The maximum atomic E-state index is 10.4. The lowest BCUT2D eigenvalue weighted by molar-refractivity contribution is -0.107. The van der Waals surface area contributed by atoms with E-state index in [1.165, 1.54) is 6.21 Å². The zero-order valence-electron chi connectivity index (χ0n) is 11.5. The fourth-order valence-electron chi connectivity index (χ4n) is 2.27. The lowest BCUT2D eigenvalue weighted by Gasteiger charge is -2.11. The van der Waals surface area contributed by atoms with Crippen LogP contribution in [0, 0.1) is 5.41 Å². The van der Waals surface area contributed by atoms with Gasteiger partial charge in [-0.05, 0) is 29.2 Å². The van der Waals surface area contributed by atoms with Gasteiger partial charge in [-0.25, -0.2) is 0 Å². The van der Waals surface area contributed by atoms with E-state index in [9.17, 15) is 4.79 Å². The van der Waals surface area contributed by atoms with Crippen LogP contribution in [0.4, 0.5) is 5.69 Å². The Morgan fingerprint density at radius 1 is 1.15 bits per heavy atom. The Morgan fingerprint density at radius 2 is 1.90 bits per heavy atom. The molecule has 2 N–H and O–H groups in total. The minimum Gasteiger partial charge on any atom is -0.388 e. The highest BCUT2D eigenvalue weighted by Crippen LogP contribution is 2.28. The van der Waals surface area contributed by atoms with Gasteiger partial charge in [-0.2, -0.15) is 0 Å². The molecule has 0 amide bonds. The Bertz CT molecular complexity index is 603. The van der Waals surface area contributed by atoms with Crippen LogP contribution in [0.3, 0.4) is 0 Å². The van der Waals surface area contributed by atoms with E-state index in [-0.39, 0.29) is 0 Å². The molecular formula is C17H18N2O. The molecule has 0 fully saturated rings. The van der Waals surface area contributed by atoms with Crippen molar-refractivity contribution in [2.45, 2.75) is 12.8 Å². The molecule has 0 aromatic heterocycles. The van der Waals surface area contributed by atoms with Crippen molar-refractivity contribution in [1.29, 1.82) is 5.41 Å². The third kappa shape index (κ3) is 2.94. The molecule has 3 nitrogen and oxygen atoms in total. The van der Waals surface area contributed by atoms with Gasteiger partial charge < -0.3 is 15.5 Å². The second-order valence-electron chi connectivity index (χ2n) is 4.56. The van der Waals surface area contributed by atoms with Crippen LogP contribution in [0.2, 0.25) is 0 Å². The van der Waals surface area contributed by atoms with Crippen molar-refractivity contribution in [2.75, 3.05) is 12.4 Å². The van der Waals surface area contributed by atoms with Crippen molar-refractivity contribution in [3.63, 3.8) is 0 Å². The zero-order chi connectivity index (χ0) is 14.4. The normalized spacial score (nSPS) is 10.1. The first-order valence-corrected chi connectivity index (χ1v) is 6.64. The van der Waals surface area contributed by atoms with E-state index >= 15 is 0 Å². The molecule has 102 valence electrons. The van der Waals surface area contributed by atoms with E-state index < -0.39 is 0 Å². The number of carbonyl (C=O) groups is 1. The Kier molecular flexibility index (Phi) is 4.66. The Balaban J connectivity index is 2.36. The number of benzene rings is 2. The summed E-state index contributed by atoms with van der Waals surface area (Å²) in [5.74, 6) is 0. The van der Waals surface area contributed by atoms with Crippen molar-refractivity contribution in [3.05, 3.63) is 53.6 Å². The second kappa shape index (κ2) is 6.66. The monoisotopic (exact) mass is 266 g/mol. The first kappa shape index (κ1) is 14.0.